The van der Waals surface area contributed by atoms with Gasteiger partial charge in [-0.25, -0.2) is 4.39 Å². The summed E-state index contributed by atoms with van der Waals surface area (Å²) in [6.45, 7) is 7.42. The maximum Gasteiger partial charge on any atom is 0.491 e. The van der Waals surface area contributed by atoms with Gasteiger partial charge in [-0.3, -0.25) is 0 Å². The molecule has 24 heavy (non-hydrogen) atoms. The molecular weight excluding hydrogens is 343 g/mol. The van der Waals surface area contributed by atoms with Crippen LogP contribution in [0.1, 0.15) is 38.8 Å². The Hall–Kier alpha value is -0.985. The van der Waals surface area contributed by atoms with Crippen LogP contribution in [0.2, 0.25) is 0 Å². The van der Waals surface area contributed by atoms with Crippen LogP contribution < -0.4 is 0 Å². The summed E-state index contributed by atoms with van der Waals surface area (Å²) >= 11 is 4.18. The van der Waals surface area contributed by atoms with Gasteiger partial charge >= 0.3 is 13.3 Å². The summed E-state index contributed by atoms with van der Waals surface area (Å²) in [6, 6.07) is 2.28. The minimum atomic E-state index is -4.54. The molecule has 0 amide bonds. The predicted octanol–water partition coefficient (Wildman–Crippen LogP) is 4.79. The Bertz CT molecular complexity index is 640. The Labute approximate surface area is 144 Å². The molecule has 1 aliphatic rings. The first kappa shape index (κ1) is 19.3. The molecule has 132 valence electrons. The minimum Gasteiger partial charge on any atom is -0.400 e. The smallest absolute Gasteiger partial charge is 0.400 e. The van der Waals surface area contributed by atoms with Gasteiger partial charge in [-0.1, -0.05) is 6.08 Å². The molecule has 1 heterocycles. The lowest BCUT2D eigenvalue weighted by Gasteiger charge is -2.32. The molecule has 0 bridgehead atoms. The van der Waals surface area contributed by atoms with Crippen molar-refractivity contribution >= 4 is 25.8 Å². The number of benzene rings is 1. The van der Waals surface area contributed by atoms with Crippen LogP contribution in [-0.2, 0) is 15.5 Å². The zero-order valence-electron chi connectivity index (χ0n) is 13.9. The topological polar surface area (TPSA) is 18.5 Å². The summed E-state index contributed by atoms with van der Waals surface area (Å²) in [5.41, 5.74) is -1.85. The van der Waals surface area contributed by atoms with Crippen LogP contribution >= 0.6 is 12.6 Å². The summed E-state index contributed by atoms with van der Waals surface area (Å²) in [5, 5.41) is 0. The second-order valence-corrected chi connectivity index (χ2v) is 7.02. The van der Waals surface area contributed by atoms with Crippen molar-refractivity contribution in [3.63, 3.8) is 0 Å². The van der Waals surface area contributed by atoms with Gasteiger partial charge in [-0.2, -0.15) is 25.8 Å². The monoisotopic (exact) mass is 362 g/mol. The highest BCUT2D eigenvalue weighted by Gasteiger charge is 2.52. The van der Waals surface area contributed by atoms with Gasteiger partial charge in [0.1, 0.15) is 5.82 Å². The van der Waals surface area contributed by atoms with Gasteiger partial charge in [0.25, 0.3) is 0 Å². The lowest BCUT2D eigenvalue weighted by molar-refractivity contribution is -0.137. The van der Waals surface area contributed by atoms with Crippen LogP contribution in [0.15, 0.2) is 23.7 Å². The second kappa shape index (κ2) is 6.39. The third kappa shape index (κ3) is 3.81. The summed E-state index contributed by atoms with van der Waals surface area (Å²) in [5.74, 6) is -0.592. The molecule has 0 spiro atoms. The van der Waals surface area contributed by atoms with Gasteiger partial charge in [0.05, 0.1) is 16.8 Å². The summed E-state index contributed by atoms with van der Waals surface area (Å²) < 4.78 is 64.1. The first-order valence-electron chi connectivity index (χ1n) is 7.41. The summed E-state index contributed by atoms with van der Waals surface area (Å²) in [4.78, 5) is 0. The zero-order chi connectivity index (χ0) is 18.3. The SMILES string of the molecule is CC1(C)OB(C(=Cc2cc(C(F)(F)F)ccc2F)CS)OC1(C)C. The number of hydrogen-bond acceptors (Lipinski definition) is 3. The number of rotatable bonds is 3. The lowest BCUT2D eigenvalue weighted by atomic mass is 9.78. The number of halogens is 4. The molecule has 2 nitrogen and oxygen atoms in total. The quantitative estimate of drug-likeness (QED) is 0.474. The Morgan fingerprint density at radius 2 is 1.71 bits per heavy atom. The largest absolute Gasteiger partial charge is 0.491 e. The molecule has 0 atom stereocenters. The molecular formula is C16H19BF4O2S. The van der Waals surface area contributed by atoms with Crippen molar-refractivity contribution in [1.82, 2.24) is 0 Å². The number of alkyl halides is 3. The van der Waals surface area contributed by atoms with E-state index in [0.29, 0.717) is 11.5 Å². The Morgan fingerprint density at radius 1 is 1.17 bits per heavy atom. The van der Waals surface area contributed by atoms with E-state index in [1.165, 1.54) is 6.08 Å². The third-order valence-electron chi connectivity index (χ3n) is 4.40. The summed E-state index contributed by atoms with van der Waals surface area (Å²) in [6.07, 6.45) is -3.23. The van der Waals surface area contributed by atoms with E-state index in [9.17, 15) is 17.6 Å². The van der Waals surface area contributed by atoms with Crippen molar-refractivity contribution < 1.29 is 26.9 Å². The molecule has 0 saturated carbocycles. The van der Waals surface area contributed by atoms with Gasteiger partial charge in [0.15, 0.2) is 0 Å². The first-order valence-corrected chi connectivity index (χ1v) is 8.04. The molecule has 0 aliphatic carbocycles. The van der Waals surface area contributed by atoms with E-state index in [1.54, 1.807) is 0 Å². The van der Waals surface area contributed by atoms with Crippen LogP contribution in [-0.4, -0.2) is 24.1 Å². The van der Waals surface area contributed by atoms with Crippen molar-refractivity contribution in [3.05, 3.63) is 40.6 Å². The summed E-state index contributed by atoms with van der Waals surface area (Å²) in [7, 11) is -0.790. The minimum absolute atomic E-state index is 0.159. The van der Waals surface area contributed by atoms with Gasteiger partial charge in [0, 0.05) is 11.3 Å². The fourth-order valence-electron chi connectivity index (χ4n) is 2.21. The van der Waals surface area contributed by atoms with Crippen molar-refractivity contribution in [1.29, 1.82) is 0 Å². The lowest BCUT2D eigenvalue weighted by Crippen LogP contribution is -2.41. The molecule has 8 heteroatoms. The Morgan fingerprint density at radius 3 is 2.17 bits per heavy atom. The van der Waals surface area contributed by atoms with Crippen molar-refractivity contribution in [2.75, 3.05) is 5.75 Å². The fraction of sp³-hybridized carbons (Fsp3) is 0.500. The van der Waals surface area contributed by atoms with E-state index in [1.807, 2.05) is 27.7 Å². The average molecular weight is 362 g/mol. The standard InChI is InChI=1S/C16H19BF4O2S/c1-14(2)15(3,4)23-17(22-14)12(9-24)8-10-7-11(16(19,20)21)5-6-13(10)18/h5-8,24H,9H2,1-4H3. The molecule has 0 radical (unpaired) electrons. The Kier molecular flexibility index (Phi) is 5.15. The number of thiol groups is 1. The molecule has 1 aromatic rings. The van der Waals surface area contributed by atoms with E-state index in [-0.39, 0.29) is 11.3 Å². The molecule has 1 aromatic carbocycles. The molecule has 0 N–H and O–H groups in total. The molecule has 1 saturated heterocycles. The van der Waals surface area contributed by atoms with Crippen LogP contribution in [0.4, 0.5) is 17.6 Å². The van der Waals surface area contributed by atoms with Gasteiger partial charge in [-0.05, 0) is 51.4 Å². The van der Waals surface area contributed by atoms with E-state index < -0.39 is 35.9 Å². The highest BCUT2D eigenvalue weighted by Crippen LogP contribution is 2.39. The highest BCUT2D eigenvalue weighted by molar-refractivity contribution is 7.80. The molecule has 0 aromatic heterocycles. The van der Waals surface area contributed by atoms with Gasteiger partial charge < -0.3 is 9.31 Å². The van der Waals surface area contributed by atoms with Crippen molar-refractivity contribution in [3.8, 4) is 0 Å². The fourth-order valence-corrected chi connectivity index (χ4v) is 2.45. The van der Waals surface area contributed by atoms with Crippen LogP contribution in [0.3, 0.4) is 0 Å². The zero-order valence-corrected chi connectivity index (χ0v) is 14.8. The van der Waals surface area contributed by atoms with Crippen LogP contribution in [0.5, 0.6) is 0 Å². The van der Waals surface area contributed by atoms with Crippen molar-refractivity contribution in [2.45, 2.75) is 45.1 Å². The van der Waals surface area contributed by atoms with E-state index in [2.05, 4.69) is 12.6 Å². The first-order chi connectivity index (χ1) is 10.9. The maximum absolute atomic E-state index is 13.9. The molecule has 0 unspecified atom stereocenters. The molecule has 2 rings (SSSR count). The van der Waals surface area contributed by atoms with E-state index >= 15 is 0 Å². The predicted molar refractivity (Wildman–Crippen MR) is 89.3 cm³/mol. The van der Waals surface area contributed by atoms with Crippen LogP contribution in [0.25, 0.3) is 6.08 Å². The second-order valence-electron chi connectivity index (χ2n) is 6.70. The normalized spacial score (nSPS) is 20.5. The molecule has 1 aliphatic heterocycles. The van der Waals surface area contributed by atoms with E-state index in [0.717, 1.165) is 12.1 Å². The average Bonchev–Trinajstić information content (AvgIpc) is 2.65. The van der Waals surface area contributed by atoms with E-state index in [4.69, 9.17) is 9.31 Å². The van der Waals surface area contributed by atoms with Gasteiger partial charge in [0.2, 0.25) is 0 Å². The Balaban J connectivity index is 2.39. The van der Waals surface area contributed by atoms with Crippen LogP contribution in [0, 0.1) is 5.82 Å². The van der Waals surface area contributed by atoms with Crippen molar-refractivity contribution in [2.24, 2.45) is 0 Å². The number of hydrogen-bond donors (Lipinski definition) is 1. The molecule has 1 fully saturated rings. The third-order valence-corrected chi connectivity index (χ3v) is 4.77. The highest BCUT2D eigenvalue weighted by atomic mass is 32.1. The maximum atomic E-state index is 13.9. The van der Waals surface area contributed by atoms with Gasteiger partial charge in [-0.15, -0.1) is 0 Å².